The predicted molar refractivity (Wildman–Crippen MR) is 63.5 cm³/mol. The zero-order valence-electron chi connectivity index (χ0n) is 9.64. The molecule has 0 aliphatic heterocycles. The number of hydrogen-bond acceptors (Lipinski definition) is 3. The van der Waals surface area contributed by atoms with Crippen molar-refractivity contribution in [2.75, 3.05) is 5.32 Å². The number of anilines is 1. The summed E-state index contributed by atoms with van der Waals surface area (Å²) in [6.45, 7) is 4.24. The predicted octanol–water partition coefficient (Wildman–Crippen LogP) is 2.25. The second kappa shape index (κ2) is 3.47. The smallest absolute Gasteiger partial charge is 0.152 e. The summed E-state index contributed by atoms with van der Waals surface area (Å²) in [5.41, 5.74) is 2.10. The Morgan fingerprint density at radius 1 is 1.56 bits per heavy atom. The lowest BCUT2D eigenvalue weighted by Crippen LogP contribution is -2.07. The van der Waals surface area contributed by atoms with Crippen molar-refractivity contribution in [1.29, 1.82) is 0 Å². The van der Waals surface area contributed by atoms with Gasteiger partial charge in [0.1, 0.15) is 5.52 Å². The van der Waals surface area contributed by atoms with Crippen LogP contribution in [-0.2, 0) is 0 Å². The molecule has 1 N–H and O–H groups in total. The van der Waals surface area contributed by atoms with Crippen molar-refractivity contribution >= 4 is 11.3 Å². The standard InChI is InChI=1S/C12H16N4/c1-3-9-7-10(9)14-12-11-6-8(2)15-16(11)5-4-13-12/h4-6,9-10H,3,7H2,1-2H3,(H,13,14). The van der Waals surface area contributed by atoms with Gasteiger partial charge in [-0.15, -0.1) is 0 Å². The highest BCUT2D eigenvalue weighted by molar-refractivity contribution is 5.68. The van der Waals surface area contributed by atoms with Crippen LogP contribution in [0.4, 0.5) is 5.82 Å². The molecule has 1 aliphatic rings. The van der Waals surface area contributed by atoms with Gasteiger partial charge in [-0.1, -0.05) is 13.3 Å². The molecular formula is C12H16N4. The van der Waals surface area contributed by atoms with Gasteiger partial charge >= 0.3 is 0 Å². The summed E-state index contributed by atoms with van der Waals surface area (Å²) in [5.74, 6) is 1.79. The number of aromatic nitrogens is 3. The number of hydrogen-bond donors (Lipinski definition) is 1. The zero-order valence-corrected chi connectivity index (χ0v) is 9.64. The summed E-state index contributed by atoms with van der Waals surface area (Å²) in [5, 5.41) is 7.88. The van der Waals surface area contributed by atoms with Crippen molar-refractivity contribution < 1.29 is 0 Å². The molecule has 4 heteroatoms. The quantitative estimate of drug-likeness (QED) is 0.855. The summed E-state index contributed by atoms with van der Waals surface area (Å²) < 4.78 is 1.88. The Balaban J connectivity index is 1.91. The first-order valence-electron chi connectivity index (χ1n) is 5.85. The minimum atomic E-state index is 0.610. The van der Waals surface area contributed by atoms with Gasteiger partial charge < -0.3 is 5.32 Å². The molecule has 16 heavy (non-hydrogen) atoms. The van der Waals surface area contributed by atoms with Crippen molar-refractivity contribution in [3.8, 4) is 0 Å². The van der Waals surface area contributed by atoms with Gasteiger partial charge in [-0.3, -0.25) is 0 Å². The minimum absolute atomic E-state index is 0.610. The fourth-order valence-corrected chi connectivity index (χ4v) is 2.21. The molecule has 4 nitrogen and oxygen atoms in total. The SMILES string of the molecule is CCC1CC1Nc1nccn2nc(C)cc12. The third kappa shape index (κ3) is 1.54. The first-order valence-corrected chi connectivity index (χ1v) is 5.85. The Bertz CT molecular complexity index is 517. The third-order valence-electron chi connectivity index (χ3n) is 3.28. The minimum Gasteiger partial charge on any atom is -0.365 e. The number of aryl methyl sites for hydroxylation is 1. The van der Waals surface area contributed by atoms with Crippen LogP contribution in [0, 0.1) is 12.8 Å². The second-order valence-electron chi connectivity index (χ2n) is 4.55. The largest absolute Gasteiger partial charge is 0.365 e. The van der Waals surface area contributed by atoms with Crippen molar-refractivity contribution in [3.05, 3.63) is 24.2 Å². The average molecular weight is 216 g/mol. The first kappa shape index (κ1) is 9.63. The molecule has 0 aromatic carbocycles. The Kier molecular flexibility index (Phi) is 2.09. The summed E-state index contributed by atoms with van der Waals surface area (Å²) in [4.78, 5) is 4.40. The van der Waals surface area contributed by atoms with E-state index in [4.69, 9.17) is 0 Å². The van der Waals surface area contributed by atoms with E-state index in [1.807, 2.05) is 17.6 Å². The van der Waals surface area contributed by atoms with Crippen LogP contribution >= 0.6 is 0 Å². The highest BCUT2D eigenvalue weighted by Gasteiger charge is 2.35. The molecule has 2 aromatic heterocycles. The lowest BCUT2D eigenvalue weighted by Gasteiger charge is -2.05. The third-order valence-corrected chi connectivity index (χ3v) is 3.28. The maximum Gasteiger partial charge on any atom is 0.152 e. The molecule has 2 atom stereocenters. The molecule has 0 radical (unpaired) electrons. The fourth-order valence-electron chi connectivity index (χ4n) is 2.21. The van der Waals surface area contributed by atoms with E-state index in [2.05, 4.69) is 28.4 Å². The van der Waals surface area contributed by atoms with Gasteiger partial charge in [-0.05, 0) is 25.3 Å². The molecule has 0 spiro atoms. The molecule has 2 unspecified atom stereocenters. The van der Waals surface area contributed by atoms with Crippen LogP contribution < -0.4 is 5.32 Å². The molecule has 2 heterocycles. The van der Waals surface area contributed by atoms with Crippen LogP contribution in [0.15, 0.2) is 18.5 Å². The molecule has 1 aliphatic carbocycles. The molecule has 0 amide bonds. The Labute approximate surface area is 94.7 Å². The maximum atomic E-state index is 4.40. The Hall–Kier alpha value is -1.58. The lowest BCUT2D eigenvalue weighted by molar-refractivity contribution is 0.773. The van der Waals surface area contributed by atoms with Crippen LogP contribution in [-0.4, -0.2) is 20.6 Å². The average Bonchev–Trinajstić information content (AvgIpc) is 2.90. The van der Waals surface area contributed by atoms with E-state index in [0.29, 0.717) is 6.04 Å². The Morgan fingerprint density at radius 3 is 3.19 bits per heavy atom. The lowest BCUT2D eigenvalue weighted by atomic mass is 10.3. The van der Waals surface area contributed by atoms with Gasteiger partial charge in [-0.2, -0.15) is 5.10 Å². The highest BCUT2D eigenvalue weighted by Crippen LogP contribution is 2.36. The highest BCUT2D eigenvalue weighted by atomic mass is 15.2. The summed E-state index contributed by atoms with van der Waals surface area (Å²) >= 11 is 0. The molecule has 0 saturated heterocycles. The molecular weight excluding hydrogens is 200 g/mol. The fraction of sp³-hybridized carbons (Fsp3) is 0.500. The molecule has 3 rings (SSSR count). The number of nitrogens with one attached hydrogen (secondary N) is 1. The maximum absolute atomic E-state index is 4.40. The zero-order chi connectivity index (χ0) is 11.1. The van der Waals surface area contributed by atoms with Gasteiger partial charge in [0.05, 0.1) is 5.69 Å². The molecule has 1 fully saturated rings. The van der Waals surface area contributed by atoms with Crippen molar-refractivity contribution in [2.45, 2.75) is 32.7 Å². The molecule has 0 bridgehead atoms. The monoisotopic (exact) mass is 216 g/mol. The van der Waals surface area contributed by atoms with Gasteiger partial charge in [0, 0.05) is 18.4 Å². The topological polar surface area (TPSA) is 42.2 Å². The molecule has 2 aromatic rings. The van der Waals surface area contributed by atoms with Crippen LogP contribution in [0.5, 0.6) is 0 Å². The van der Waals surface area contributed by atoms with Crippen molar-refractivity contribution in [3.63, 3.8) is 0 Å². The van der Waals surface area contributed by atoms with E-state index in [-0.39, 0.29) is 0 Å². The van der Waals surface area contributed by atoms with Gasteiger partial charge in [-0.25, -0.2) is 9.50 Å². The van der Waals surface area contributed by atoms with Crippen LogP contribution in [0.3, 0.4) is 0 Å². The number of rotatable bonds is 3. The number of fused-ring (bicyclic) bond motifs is 1. The summed E-state index contributed by atoms with van der Waals surface area (Å²) in [6.07, 6.45) is 6.20. The van der Waals surface area contributed by atoms with E-state index in [9.17, 15) is 0 Å². The van der Waals surface area contributed by atoms with E-state index in [0.717, 1.165) is 22.9 Å². The van der Waals surface area contributed by atoms with Gasteiger partial charge in [0.15, 0.2) is 5.82 Å². The van der Waals surface area contributed by atoms with Gasteiger partial charge in [0.25, 0.3) is 0 Å². The van der Waals surface area contributed by atoms with Crippen molar-refractivity contribution in [2.24, 2.45) is 5.92 Å². The Morgan fingerprint density at radius 2 is 2.44 bits per heavy atom. The molecule has 84 valence electrons. The van der Waals surface area contributed by atoms with Crippen LogP contribution in [0.25, 0.3) is 5.52 Å². The summed E-state index contributed by atoms with van der Waals surface area (Å²) in [7, 11) is 0. The van der Waals surface area contributed by atoms with E-state index in [1.54, 1.807) is 6.20 Å². The normalized spacial score (nSPS) is 23.6. The van der Waals surface area contributed by atoms with E-state index < -0.39 is 0 Å². The molecule has 1 saturated carbocycles. The van der Waals surface area contributed by atoms with E-state index in [1.165, 1.54) is 12.8 Å². The number of nitrogens with zero attached hydrogens (tertiary/aromatic N) is 3. The van der Waals surface area contributed by atoms with Gasteiger partial charge in [0.2, 0.25) is 0 Å². The van der Waals surface area contributed by atoms with Crippen LogP contribution in [0.1, 0.15) is 25.5 Å². The first-order chi connectivity index (χ1) is 7.78. The second-order valence-corrected chi connectivity index (χ2v) is 4.55. The van der Waals surface area contributed by atoms with Crippen LogP contribution in [0.2, 0.25) is 0 Å². The van der Waals surface area contributed by atoms with E-state index >= 15 is 0 Å². The van der Waals surface area contributed by atoms with Crippen molar-refractivity contribution in [1.82, 2.24) is 14.6 Å². The summed E-state index contributed by atoms with van der Waals surface area (Å²) in [6, 6.07) is 2.68.